The Labute approximate surface area is 159 Å². The van der Waals surface area contributed by atoms with Crippen LogP contribution in [0, 0.1) is 12.7 Å². The van der Waals surface area contributed by atoms with Crippen LogP contribution in [-0.2, 0) is 0 Å². The lowest BCUT2D eigenvalue weighted by Gasteiger charge is -2.38. The van der Waals surface area contributed by atoms with Crippen molar-refractivity contribution in [3.8, 4) is 0 Å². The molecule has 1 aromatic heterocycles. The SMILES string of the molecule is Cc1cc(C(=O)NC2(CN3CCN(c4ccc(F)cc4)CC3)CC2)ccn1. The molecule has 6 heteroatoms. The van der Waals surface area contributed by atoms with E-state index in [0.29, 0.717) is 5.56 Å². The molecule has 2 heterocycles. The van der Waals surface area contributed by atoms with Crippen LogP contribution in [0.15, 0.2) is 42.6 Å². The Kier molecular flexibility index (Phi) is 4.83. The molecule has 0 atom stereocenters. The van der Waals surface area contributed by atoms with Crippen LogP contribution in [-0.4, -0.2) is 54.1 Å². The summed E-state index contributed by atoms with van der Waals surface area (Å²) in [4.78, 5) is 21.4. The Hall–Kier alpha value is -2.47. The van der Waals surface area contributed by atoms with Crippen molar-refractivity contribution in [3.05, 3.63) is 59.7 Å². The third kappa shape index (κ3) is 4.27. The van der Waals surface area contributed by atoms with Crippen molar-refractivity contribution in [1.29, 1.82) is 0 Å². The van der Waals surface area contributed by atoms with Gasteiger partial charge in [-0.05, 0) is 56.2 Å². The number of nitrogens with zero attached hydrogens (tertiary/aromatic N) is 3. The number of nitrogens with one attached hydrogen (secondary N) is 1. The first-order valence-corrected chi connectivity index (χ1v) is 9.51. The molecule has 5 nitrogen and oxygen atoms in total. The number of hydrogen-bond donors (Lipinski definition) is 1. The Morgan fingerprint density at radius 1 is 1.15 bits per heavy atom. The number of aromatic nitrogens is 1. The number of anilines is 1. The van der Waals surface area contributed by atoms with Gasteiger partial charge in [-0.1, -0.05) is 0 Å². The molecule has 1 aliphatic carbocycles. The van der Waals surface area contributed by atoms with E-state index < -0.39 is 0 Å². The highest BCUT2D eigenvalue weighted by atomic mass is 19.1. The van der Waals surface area contributed by atoms with Crippen molar-refractivity contribution in [2.24, 2.45) is 0 Å². The van der Waals surface area contributed by atoms with Crippen LogP contribution in [0.25, 0.3) is 0 Å². The van der Waals surface area contributed by atoms with E-state index in [2.05, 4.69) is 20.1 Å². The molecular weight excluding hydrogens is 343 g/mol. The second-order valence-electron chi connectivity index (χ2n) is 7.66. The molecule has 27 heavy (non-hydrogen) atoms. The molecular formula is C21H25FN4O. The van der Waals surface area contributed by atoms with Crippen LogP contribution in [0.5, 0.6) is 0 Å². The highest BCUT2D eigenvalue weighted by molar-refractivity contribution is 5.95. The van der Waals surface area contributed by atoms with E-state index in [1.54, 1.807) is 12.3 Å². The molecule has 0 unspecified atom stereocenters. The summed E-state index contributed by atoms with van der Waals surface area (Å²) in [6.45, 7) is 6.51. The van der Waals surface area contributed by atoms with Gasteiger partial charge in [0.2, 0.25) is 0 Å². The fourth-order valence-corrected chi connectivity index (χ4v) is 3.72. The fourth-order valence-electron chi connectivity index (χ4n) is 3.72. The number of benzene rings is 1. The Bertz CT molecular complexity index is 811. The Morgan fingerprint density at radius 2 is 1.85 bits per heavy atom. The summed E-state index contributed by atoms with van der Waals surface area (Å²) in [6, 6.07) is 10.3. The van der Waals surface area contributed by atoms with Crippen molar-refractivity contribution < 1.29 is 9.18 Å². The van der Waals surface area contributed by atoms with E-state index in [0.717, 1.165) is 56.9 Å². The summed E-state index contributed by atoms with van der Waals surface area (Å²) < 4.78 is 13.1. The average molecular weight is 368 g/mol. The number of halogens is 1. The van der Waals surface area contributed by atoms with Gasteiger partial charge in [0.1, 0.15) is 5.82 Å². The normalized spacial score (nSPS) is 19.0. The van der Waals surface area contributed by atoms with Crippen LogP contribution < -0.4 is 10.2 Å². The third-order valence-electron chi connectivity index (χ3n) is 5.48. The van der Waals surface area contributed by atoms with Crippen molar-refractivity contribution in [3.63, 3.8) is 0 Å². The van der Waals surface area contributed by atoms with Crippen molar-refractivity contribution >= 4 is 11.6 Å². The molecule has 0 radical (unpaired) electrons. The molecule has 1 saturated heterocycles. The second kappa shape index (κ2) is 7.27. The van der Waals surface area contributed by atoms with E-state index in [1.807, 2.05) is 25.1 Å². The fraction of sp³-hybridized carbons (Fsp3) is 0.429. The molecule has 1 N–H and O–H groups in total. The predicted octanol–water partition coefficient (Wildman–Crippen LogP) is 2.61. The lowest BCUT2D eigenvalue weighted by atomic mass is 10.1. The van der Waals surface area contributed by atoms with Crippen LogP contribution >= 0.6 is 0 Å². The number of amides is 1. The molecule has 0 bridgehead atoms. The van der Waals surface area contributed by atoms with E-state index in [1.165, 1.54) is 12.1 Å². The minimum absolute atomic E-state index is 0.0112. The van der Waals surface area contributed by atoms with Crippen molar-refractivity contribution in [2.75, 3.05) is 37.6 Å². The van der Waals surface area contributed by atoms with E-state index in [9.17, 15) is 9.18 Å². The van der Waals surface area contributed by atoms with Gasteiger partial charge in [0.15, 0.2) is 0 Å². The Balaban J connectivity index is 1.31. The summed E-state index contributed by atoms with van der Waals surface area (Å²) >= 11 is 0. The number of pyridine rings is 1. The molecule has 2 aliphatic rings. The van der Waals surface area contributed by atoms with Crippen LogP contribution in [0.1, 0.15) is 28.9 Å². The number of rotatable bonds is 5. The maximum atomic E-state index is 13.1. The summed E-state index contributed by atoms with van der Waals surface area (Å²) in [6.07, 6.45) is 3.74. The first kappa shape index (κ1) is 17.9. The van der Waals surface area contributed by atoms with Gasteiger partial charge in [-0.15, -0.1) is 0 Å². The first-order valence-electron chi connectivity index (χ1n) is 9.51. The van der Waals surface area contributed by atoms with Gasteiger partial charge in [-0.3, -0.25) is 14.7 Å². The summed E-state index contributed by atoms with van der Waals surface area (Å²) in [5, 5.41) is 3.24. The maximum Gasteiger partial charge on any atom is 0.251 e. The monoisotopic (exact) mass is 368 g/mol. The van der Waals surface area contributed by atoms with Gasteiger partial charge in [0, 0.05) is 55.9 Å². The van der Waals surface area contributed by atoms with Gasteiger partial charge < -0.3 is 10.2 Å². The number of piperazine rings is 1. The van der Waals surface area contributed by atoms with Gasteiger partial charge in [0.25, 0.3) is 5.91 Å². The zero-order chi connectivity index (χ0) is 18.9. The molecule has 2 aromatic rings. The van der Waals surface area contributed by atoms with Crippen LogP contribution in [0.2, 0.25) is 0 Å². The van der Waals surface area contributed by atoms with Crippen LogP contribution in [0.4, 0.5) is 10.1 Å². The van der Waals surface area contributed by atoms with Gasteiger partial charge >= 0.3 is 0 Å². The number of carbonyl (C=O) groups excluding carboxylic acids is 1. The molecule has 1 amide bonds. The third-order valence-corrected chi connectivity index (χ3v) is 5.48. The van der Waals surface area contributed by atoms with E-state index >= 15 is 0 Å². The standard InChI is InChI=1S/C21H25FN4O/c1-16-14-17(6-9-23-16)20(27)24-21(7-8-21)15-25-10-12-26(13-11-25)19-4-2-18(22)3-5-19/h2-6,9,14H,7-8,10-13,15H2,1H3,(H,24,27). The number of hydrogen-bond acceptors (Lipinski definition) is 4. The highest BCUT2D eigenvalue weighted by Gasteiger charge is 2.45. The largest absolute Gasteiger partial charge is 0.369 e. The summed E-state index contributed by atoms with van der Waals surface area (Å²) in [5.41, 5.74) is 2.50. The predicted molar refractivity (Wildman–Crippen MR) is 103 cm³/mol. The summed E-state index contributed by atoms with van der Waals surface area (Å²) in [5.74, 6) is -0.212. The second-order valence-corrected chi connectivity index (χ2v) is 7.66. The molecule has 1 aromatic carbocycles. The molecule has 142 valence electrons. The highest BCUT2D eigenvalue weighted by Crippen LogP contribution is 2.37. The zero-order valence-corrected chi connectivity index (χ0v) is 15.6. The number of aryl methyl sites for hydroxylation is 1. The van der Waals surface area contributed by atoms with E-state index in [-0.39, 0.29) is 17.3 Å². The minimum atomic E-state index is -0.201. The molecule has 2 fully saturated rings. The molecule has 4 rings (SSSR count). The van der Waals surface area contributed by atoms with Crippen LogP contribution in [0.3, 0.4) is 0 Å². The number of carbonyl (C=O) groups is 1. The topological polar surface area (TPSA) is 48.5 Å². The first-order chi connectivity index (χ1) is 13.0. The van der Waals surface area contributed by atoms with Gasteiger partial charge in [-0.2, -0.15) is 0 Å². The lowest BCUT2D eigenvalue weighted by molar-refractivity contribution is 0.0914. The summed E-state index contributed by atoms with van der Waals surface area (Å²) in [7, 11) is 0. The minimum Gasteiger partial charge on any atom is -0.369 e. The van der Waals surface area contributed by atoms with Gasteiger partial charge in [0.05, 0.1) is 5.54 Å². The molecule has 1 aliphatic heterocycles. The van der Waals surface area contributed by atoms with Gasteiger partial charge in [-0.25, -0.2) is 4.39 Å². The smallest absolute Gasteiger partial charge is 0.251 e. The van der Waals surface area contributed by atoms with E-state index in [4.69, 9.17) is 0 Å². The van der Waals surface area contributed by atoms with Crippen molar-refractivity contribution in [2.45, 2.75) is 25.3 Å². The quantitative estimate of drug-likeness (QED) is 0.881. The zero-order valence-electron chi connectivity index (χ0n) is 15.6. The maximum absolute atomic E-state index is 13.1. The molecule has 1 saturated carbocycles. The lowest BCUT2D eigenvalue weighted by Crippen LogP contribution is -2.52. The van der Waals surface area contributed by atoms with Crippen molar-refractivity contribution in [1.82, 2.24) is 15.2 Å². The average Bonchev–Trinajstić information content (AvgIpc) is 3.42. The Morgan fingerprint density at radius 3 is 2.48 bits per heavy atom. The molecule has 0 spiro atoms.